The van der Waals surface area contributed by atoms with Gasteiger partial charge in [0.25, 0.3) is 0 Å². The lowest BCUT2D eigenvalue weighted by Gasteiger charge is -2.22. The fraction of sp³-hybridized carbons (Fsp3) is 0.0909. The quantitative estimate of drug-likeness (QED) is 0.173. The highest BCUT2D eigenvalue weighted by Crippen LogP contribution is 2.49. The minimum Gasteiger partial charge on any atom is -0.166 e. The Hall–Kier alpha value is -5.41. The summed E-state index contributed by atoms with van der Waals surface area (Å²) in [7, 11) is 0. The Morgan fingerprint density at radius 2 is 0.766 bits per heavy atom. The van der Waals surface area contributed by atoms with Gasteiger partial charge in [0.1, 0.15) is 0 Å². The second-order valence-corrected chi connectivity index (χ2v) is 12.7. The van der Waals surface area contributed by atoms with Crippen LogP contribution >= 0.6 is 0 Å². The largest absolute Gasteiger partial charge is 0.416 e. The Labute approximate surface area is 272 Å². The second-order valence-electron chi connectivity index (χ2n) is 12.7. The molecule has 0 atom stereocenters. The monoisotopic (exact) mass is 616 g/mol. The first kappa shape index (κ1) is 29.0. The summed E-state index contributed by atoms with van der Waals surface area (Å²) in [6.45, 7) is 5.91. The molecule has 0 N–H and O–H groups in total. The minimum atomic E-state index is -4.45. The van der Waals surface area contributed by atoms with Crippen molar-refractivity contribution in [3.8, 4) is 44.5 Å². The van der Waals surface area contributed by atoms with E-state index in [9.17, 15) is 13.2 Å². The zero-order chi connectivity index (χ0) is 32.4. The van der Waals surface area contributed by atoms with Crippen molar-refractivity contribution in [2.24, 2.45) is 0 Å². The molecule has 0 aliphatic carbocycles. The number of halogens is 3. The molecule has 0 aliphatic heterocycles. The molecule has 0 bridgehead atoms. The Kier molecular flexibility index (Phi) is 6.70. The van der Waals surface area contributed by atoms with Crippen molar-refractivity contribution in [3.63, 3.8) is 0 Å². The maximum absolute atomic E-state index is 14.1. The zero-order valence-electron chi connectivity index (χ0n) is 26.3. The zero-order valence-corrected chi connectivity index (χ0v) is 26.3. The lowest BCUT2D eigenvalue weighted by Crippen LogP contribution is -2.05. The van der Waals surface area contributed by atoms with Crippen LogP contribution in [0.3, 0.4) is 0 Å². The Balaban J connectivity index is 1.56. The van der Waals surface area contributed by atoms with E-state index in [4.69, 9.17) is 0 Å². The van der Waals surface area contributed by atoms with Gasteiger partial charge in [-0.05, 0) is 127 Å². The van der Waals surface area contributed by atoms with Gasteiger partial charge in [0, 0.05) is 0 Å². The van der Waals surface area contributed by atoms with E-state index in [1.54, 1.807) is 6.92 Å². The predicted molar refractivity (Wildman–Crippen MR) is 191 cm³/mol. The fourth-order valence-electron chi connectivity index (χ4n) is 7.13. The molecule has 8 aromatic rings. The molecule has 0 aliphatic rings. The Morgan fingerprint density at radius 1 is 0.362 bits per heavy atom. The molecular formula is C44H31F3. The van der Waals surface area contributed by atoms with E-state index in [2.05, 4.69) is 111 Å². The molecular weight excluding hydrogens is 585 g/mol. The summed E-state index contributed by atoms with van der Waals surface area (Å²) in [5.74, 6) is 0. The summed E-state index contributed by atoms with van der Waals surface area (Å²) in [5.41, 5.74) is 10.2. The van der Waals surface area contributed by atoms with E-state index < -0.39 is 11.7 Å². The van der Waals surface area contributed by atoms with Gasteiger partial charge in [0.05, 0.1) is 5.56 Å². The van der Waals surface area contributed by atoms with Crippen LogP contribution in [0.25, 0.3) is 76.8 Å². The number of aryl methyl sites for hydroxylation is 3. The van der Waals surface area contributed by atoms with Crippen LogP contribution in [0.2, 0.25) is 0 Å². The van der Waals surface area contributed by atoms with E-state index in [1.165, 1.54) is 23.3 Å². The van der Waals surface area contributed by atoms with Gasteiger partial charge >= 0.3 is 6.18 Å². The van der Waals surface area contributed by atoms with Crippen LogP contribution in [-0.2, 0) is 6.18 Å². The van der Waals surface area contributed by atoms with E-state index in [-0.39, 0.29) is 0 Å². The van der Waals surface area contributed by atoms with Gasteiger partial charge in [-0.3, -0.25) is 0 Å². The first-order chi connectivity index (χ1) is 22.7. The highest BCUT2D eigenvalue weighted by molar-refractivity contribution is 6.31. The number of alkyl halides is 3. The third-order valence-corrected chi connectivity index (χ3v) is 9.42. The first-order valence-electron chi connectivity index (χ1n) is 15.8. The molecule has 0 unspecified atom stereocenters. The molecule has 0 saturated heterocycles. The van der Waals surface area contributed by atoms with E-state index in [1.807, 2.05) is 24.3 Å². The predicted octanol–water partition coefficient (Wildman–Crippen LogP) is 13.2. The Morgan fingerprint density at radius 3 is 1.19 bits per heavy atom. The third kappa shape index (κ3) is 4.94. The molecule has 0 amide bonds. The first-order valence-corrected chi connectivity index (χ1v) is 15.8. The number of rotatable bonds is 4. The smallest absolute Gasteiger partial charge is 0.166 e. The van der Waals surface area contributed by atoms with Gasteiger partial charge in [0.2, 0.25) is 0 Å². The van der Waals surface area contributed by atoms with Crippen LogP contribution < -0.4 is 0 Å². The Bertz CT molecular complexity index is 2370. The second kappa shape index (κ2) is 10.8. The summed E-state index contributed by atoms with van der Waals surface area (Å²) in [4.78, 5) is 0. The molecule has 0 heterocycles. The van der Waals surface area contributed by atoms with Crippen molar-refractivity contribution in [1.29, 1.82) is 0 Å². The maximum atomic E-state index is 14.1. The fourth-order valence-corrected chi connectivity index (χ4v) is 7.13. The lowest BCUT2D eigenvalue weighted by molar-refractivity contribution is -0.137. The molecule has 0 spiro atoms. The van der Waals surface area contributed by atoms with Gasteiger partial charge in [-0.25, -0.2) is 0 Å². The number of hydrogen-bond donors (Lipinski definition) is 0. The average molecular weight is 617 g/mol. The van der Waals surface area contributed by atoms with E-state index >= 15 is 0 Å². The molecule has 0 saturated carbocycles. The number of hydrogen-bond acceptors (Lipinski definition) is 0. The third-order valence-electron chi connectivity index (χ3n) is 9.42. The van der Waals surface area contributed by atoms with Crippen LogP contribution in [0.5, 0.6) is 0 Å². The van der Waals surface area contributed by atoms with Gasteiger partial charge < -0.3 is 0 Å². The number of benzene rings is 8. The molecule has 0 radical (unpaired) electrons. The molecule has 0 aromatic heterocycles. The van der Waals surface area contributed by atoms with Gasteiger partial charge in [-0.2, -0.15) is 13.2 Å². The van der Waals surface area contributed by atoms with Crippen LogP contribution in [0, 0.1) is 20.8 Å². The average Bonchev–Trinajstić information content (AvgIpc) is 3.07. The normalized spacial score (nSPS) is 12.0. The van der Waals surface area contributed by atoms with E-state index in [0.717, 1.165) is 71.3 Å². The van der Waals surface area contributed by atoms with Crippen molar-refractivity contribution in [2.75, 3.05) is 0 Å². The van der Waals surface area contributed by atoms with Crippen molar-refractivity contribution < 1.29 is 13.2 Å². The molecule has 0 fully saturated rings. The van der Waals surface area contributed by atoms with Crippen LogP contribution in [0.1, 0.15) is 22.3 Å². The minimum absolute atomic E-state index is 0.560. The van der Waals surface area contributed by atoms with Gasteiger partial charge in [-0.15, -0.1) is 0 Å². The summed E-state index contributed by atoms with van der Waals surface area (Å²) in [6.07, 6.45) is -4.45. The molecule has 47 heavy (non-hydrogen) atoms. The van der Waals surface area contributed by atoms with Gasteiger partial charge in [0.15, 0.2) is 0 Å². The molecule has 228 valence electrons. The summed E-state index contributed by atoms with van der Waals surface area (Å²) < 4.78 is 42.3. The molecule has 0 nitrogen and oxygen atoms in total. The van der Waals surface area contributed by atoms with Gasteiger partial charge in [-0.1, -0.05) is 120 Å². The molecule has 3 heteroatoms. The van der Waals surface area contributed by atoms with Crippen LogP contribution in [0.15, 0.2) is 133 Å². The van der Waals surface area contributed by atoms with E-state index in [0.29, 0.717) is 11.1 Å². The van der Waals surface area contributed by atoms with Crippen molar-refractivity contribution in [2.45, 2.75) is 26.9 Å². The molecule has 8 rings (SSSR count). The van der Waals surface area contributed by atoms with Crippen molar-refractivity contribution in [1.82, 2.24) is 0 Å². The molecule has 8 aromatic carbocycles. The van der Waals surface area contributed by atoms with Crippen LogP contribution in [0.4, 0.5) is 13.2 Å². The van der Waals surface area contributed by atoms with Crippen molar-refractivity contribution >= 4 is 32.3 Å². The van der Waals surface area contributed by atoms with Crippen LogP contribution in [-0.4, -0.2) is 0 Å². The summed E-state index contributed by atoms with van der Waals surface area (Å²) in [6, 6.07) is 44.8. The maximum Gasteiger partial charge on any atom is 0.416 e. The summed E-state index contributed by atoms with van der Waals surface area (Å²) >= 11 is 0. The summed E-state index contributed by atoms with van der Waals surface area (Å²) in [5, 5.41) is 6.44. The highest BCUT2D eigenvalue weighted by Gasteiger charge is 2.31. The van der Waals surface area contributed by atoms with Crippen molar-refractivity contribution in [3.05, 3.63) is 156 Å². The highest BCUT2D eigenvalue weighted by atomic mass is 19.4. The SMILES string of the molecule is Cc1ccc(-c2cc(-c3ccc(C)cc3)c3ccc4c(-c5cc(C)cc(C(F)(F)F)c5)cc(-c5ccccc5)c5ccc2c3c54)cc1. The topological polar surface area (TPSA) is 0 Å². The lowest BCUT2D eigenvalue weighted by atomic mass is 9.81. The standard InChI is InChI=1S/C44H31F3/c1-26-9-13-30(14-10-26)39-24-40(31-15-11-27(2)12-16-31)36-19-20-37-41(32-21-28(3)22-33(23-32)44(45,46)47)25-38(29-7-5-4-6-8-29)34-17-18-35(39)42(36)43(34)37/h4-25H,1-3H3.